The smallest absolute Gasteiger partial charge is 0.239 e. The summed E-state index contributed by atoms with van der Waals surface area (Å²) in [4.78, 5) is 13.3. The molecular weight excluding hydrogens is 224 g/mol. The van der Waals surface area contributed by atoms with Gasteiger partial charge in [0.15, 0.2) is 0 Å². The molecule has 0 heterocycles. The predicted molar refractivity (Wildman–Crippen MR) is 66.3 cm³/mol. The highest BCUT2D eigenvalue weighted by molar-refractivity contribution is 6.30. The Balaban J connectivity index is 2.81. The van der Waals surface area contributed by atoms with Gasteiger partial charge in [0.25, 0.3) is 0 Å². The summed E-state index contributed by atoms with van der Waals surface area (Å²) < 4.78 is 0. The molecule has 0 aliphatic heterocycles. The van der Waals surface area contributed by atoms with E-state index >= 15 is 0 Å². The molecule has 1 aromatic rings. The van der Waals surface area contributed by atoms with Crippen LogP contribution in [0, 0.1) is 0 Å². The molecule has 0 aromatic heterocycles. The number of nitrogens with two attached hydrogens (primary N) is 1. The van der Waals surface area contributed by atoms with E-state index < -0.39 is 6.04 Å². The van der Waals surface area contributed by atoms with Gasteiger partial charge in [-0.15, -0.1) is 0 Å². The van der Waals surface area contributed by atoms with Crippen LogP contribution in [0.3, 0.4) is 0 Å². The standard InChI is InChI=1S/C12H17ClN2O/c1-8(14)12(16)15(3)9(2)10-4-6-11(13)7-5-10/h4-9H,14H2,1-3H3/t8-,9?/m1/s1. The van der Waals surface area contributed by atoms with Crippen LogP contribution in [-0.2, 0) is 4.79 Å². The first kappa shape index (κ1) is 13.0. The molecule has 1 rings (SSSR count). The Morgan fingerprint density at radius 1 is 1.31 bits per heavy atom. The average molecular weight is 241 g/mol. The van der Waals surface area contributed by atoms with E-state index in [1.807, 2.05) is 31.2 Å². The largest absolute Gasteiger partial charge is 0.338 e. The van der Waals surface area contributed by atoms with Crippen molar-refractivity contribution in [2.45, 2.75) is 25.9 Å². The first-order chi connectivity index (χ1) is 7.43. The van der Waals surface area contributed by atoms with Gasteiger partial charge in [0.2, 0.25) is 5.91 Å². The number of rotatable bonds is 3. The highest BCUT2D eigenvalue weighted by Gasteiger charge is 2.19. The maximum atomic E-state index is 11.7. The normalized spacial score (nSPS) is 14.3. The lowest BCUT2D eigenvalue weighted by Crippen LogP contribution is -2.40. The molecule has 1 aromatic carbocycles. The fraction of sp³-hybridized carbons (Fsp3) is 0.417. The summed E-state index contributed by atoms with van der Waals surface area (Å²) in [5.74, 6) is -0.0672. The second kappa shape index (κ2) is 5.32. The van der Waals surface area contributed by atoms with Crippen molar-refractivity contribution in [3.05, 3.63) is 34.9 Å². The van der Waals surface area contributed by atoms with E-state index in [0.29, 0.717) is 5.02 Å². The Labute approximate surface area is 101 Å². The third kappa shape index (κ3) is 2.97. The lowest BCUT2D eigenvalue weighted by Gasteiger charge is -2.26. The Morgan fingerprint density at radius 3 is 2.25 bits per heavy atom. The highest BCUT2D eigenvalue weighted by atomic mass is 35.5. The van der Waals surface area contributed by atoms with Gasteiger partial charge in [-0.3, -0.25) is 4.79 Å². The van der Waals surface area contributed by atoms with Crippen LogP contribution in [0.15, 0.2) is 24.3 Å². The van der Waals surface area contributed by atoms with Crippen LogP contribution in [0.4, 0.5) is 0 Å². The second-order valence-electron chi connectivity index (χ2n) is 3.97. The molecule has 3 nitrogen and oxygen atoms in total. The highest BCUT2D eigenvalue weighted by Crippen LogP contribution is 2.21. The Morgan fingerprint density at radius 2 is 1.81 bits per heavy atom. The van der Waals surface area contributed by atoms with Gasteiger partial charge in [-0.25, -0.2) is 0 Å². The summed E-state index contributed by atoms with van der Waals surface area (Å²) >= 11 is 5.81. The zero-order valence-electron chi connectivity index (χ0n) is 9.77. The van der Waals surface area contributed by atoms with Crippen LogP contribution in [0.25, 0.3) is 0 Å². The molecule has 0 aliphatic rings. The molecule has 88 valence electrons. The minimum absolute atomic E-state index is 0.00392. The maximum absolute atomic E-state index is 11.7. The number of hydrogen-bond acceptors (Lipinski definition) is 2. The summed E-state index contributed by atoms with van der Waals surface area (Å²) in [6, 6.07) is 6.99. The lowest BCUT2D eigenvalue weighted by molar-refractivity contribution is -0.132. The Hall–Kier alpha value is -1.06. The molecule has 2 N–H and O–H groups in total. The van der Waals surface area contributed by atoms with E-state index in [9.17, 15) is 4.79 Å². The summed E-state index contributed by atoms with van der Waals surface area (Å²) in [5.41, 5.74) is 6.61. The molecule has 0 bridgehead atoms. The quantitative estimate of drug-likeness (QED) is 0.881. The van der Waals surface area contributed by atoms with Crippen molar-refractivity contribution in [1.82, 2.24) is 4.90 Å². The van der Waals surface area contributed by atoms with Crippen molar-refractivity contribution in [3.63, 3.8) is 0 Å². The summed E-state index contributed by atoms with van der Waals surface area (Å²) in [6.45, 7) is 3.65. The Bertz CT molecular complexity index is 362. The zero-order valence-corrected chi connectivity index (χ0v) is 10.5. The molecular formula is C12H17ClN2O. The summed E-state index contributed by atoms with van der Waals surface area (Å²) in [6.07, 6.45) is 0. The molecule has 0 saturated carbocycles. The topological polar surface area (TPSA) is 46.3 Å². The number of likely N-dealkylation sites (N-methyl/N-ethyl adjacent to an activating group) is 1. The number of nitrogens with zero attached hydrogens (tertiary/aromatic N) is 1. The number of hydrogen-bond donors (Lipinski definition) is 1. The van der Waals surface area contributed by atoms with Crippen molar-refractivity contribution < 1.29 is 4.79 Å². The van der Waals surface area contributed by atoms with E-state index in [0.717, 1.165) is 5.56 Å². The minimum atomic E-state index is -0.472. The maximum Gasteiger partial charge on any atom is 0.239 e. The van der Waals surface area contributed by atoms with Crippen LogP contribution in [0.5, 0.6) is 0 Å². The van der Waals surface area contributed by atoms with Gasteiger partial charge in [-0.1, -0.05) is 23.7 Å². The molecule has 0 spiro atoms. The van der Waals surface area contributed by atoms with Crippen molar-refractivity contribution in [3.8, 4) is 0 Å². The first-order valence-corrected chi connectivity index (χ1v) is 5.59. The van der Waals surface area contributed by atoms with Gasteiger partial charge in [0, 0.05) is 12.1 Å². The molecule has 0 aliphatic carbocycles. The van der Waals surface area contributed by atoms with Gasteiger partial charge in [-0.2, -0.15) is 0 Å². The molecule has 1 amide bonds. The van der Waals surface area contributed by atoms with Crippen molar-refractivity contribution in [1.29, 1.82) is 0 Å². The Kier molecular flexibility index (Phi) is 4.33. The SMILES string of the molecule is CC(c1ccc(Cl)cc1)N(C)C(=O)[C@@H](C)N. The van der Waals surface area contributed by atoms with Crippen LogP contribution >= 0.6 is 11.6 Å². The molecule has 0 radical (unpaired) electrons. The van der Waals surface area contributed by atoms with Crippen molar-refractivity contribution in [2.75, 3.05) is 7.05 Å². The first-order valence-electron chi connectivity index (χ1n) is 5.21. The molecule has 16 heavy (non-hydrogen) atoms. The van der Waals surface area contributed by atoms with E-state index in [1.165, 1.54) is 0 Å². The van der Waals surface area contributed by atoms with Crippen LogP contribution in [0.2, 0.25) is 5.02 Å². The van der Waals surface area contributed by atoms with Gasteiger partial charge >= 0.3 is 0 Å². The fourth-order valence-corrected chi connectivity index (χ4v) is 1.60. The van der Waals surface area contributed by atoms with E-state index in [2.05, 4.69) is 0 Å². The van der Waals surface area contributed by atoms with Crippen LogP contribution in [0.1, 0.15) is 25.5 Å². The third-order valence-corrected chi connectivity index (χ3v) is 2.92. The fourth-order valence-electron chi connectivity index (χ4n) is 1.48. The van der Waals surface area contributed by atoms with E-state index in [-0.39, 0.29) is 11.9 Å². The molecule has 4 heteroatoms. The number of amides is 1. The predicted octanol–water partition coefficient (Wildman–Crippen LogP) is 2.21. The van der Waals surface area contributed by atoms with Crippen LogP contribution in [-0.4, -0.2) is 23.9 Å². The second-order valence-corrected chi connectivity index (χ2v) is 4.40. The molecule has 2 atom stereocenters. The van der Waals surface area contributed by atoms with Gasteiger partial charge in [0.1, 0.15) is 0 Å². The molecule has 0 saturated heterocycles. The van der Waals surface area contributed by atoms with Crippen molar-refractivity contribution >= 4 is 17.5 Å². The van der Waals surface area contributed by atoms with Gasteiger partial charge in [-0.05, 0) is 31.5 Å². The molecule has 1 unspecified atom stereocenters. The number of carbonyl (C=O) groups excluding carboxylic acids is 1. The third-order valence-electron chi connectivity index (χ3n) is 2.67. The lowest BCUT2D eigenvalue weighted by atomic mass is 10.1. The number of carbonyl (C=O) groups is 1. The average Bonchev–Trinajstić information content (AvgIpc) is 2.27. The number of halogens is 1. The summed E-state index contributed by atoms with van der Waals surface area (Å²) in [5, 5.41) is 0.692. The van der Waals surface area contributed by atoms with Crippen LogP contribution < -0.4 is 5.73 Å². The van der Waals surface area contributed by atoms with Gasteiger partial charge < -0.3 is 10.6 Å². The van der Waals surface area contributed by atoms with Crippen molar-refractivity contribution in [2.24, 2.45) is 5.73 Å². The van der Waals surface area contributed by atoms with E-state index in [1.54, 1.807) is 18.9 Å². The zero-order chi connectivity index (χ0) is 12.3. The van der Waals surface area contributed by atoms with Gasteiger partial charge in [0.05, 0.1) is 12.1 Å². The monoisotopic (exact) mass is 240 g/mol. The van der Waals surface area contributed by atoms with E-state index in [4.69, 9.17) is 17.3 Å². The number of benzene rings is 1. The minimum Gasteiger partial charge on any atom is -0.338 e. The molecule has 0 fully saturated rings. The summed E-state index contributed by atoms with van der Waals surface area (Å²) in [7, 11) is 1.75.